The van der Waals surface area contributed by atoms with Gasteiger partial charge in [0.25, 0.3) is 0 Å². The Morgan fingerprint density at radius 3 is 2.54 bits per heavy atom. The summed E-state index contributed by atoms with van der Waals surface area (Å²) < 4.78 is 0. The molecule has 3 heteroatoms. The second kappa shape index (κ2) is 7.36. The van der Waals surface area contributed by atoms with Crippen molar-refractivity contribution in [3.8, 4) is 11.3 Å². The molecule has 3 nitrogen and oxygen atoms in total. The summed E-state index contributed by atoms with van der Waals surface area (Å²) >= 11 is 0. The van der Waals surface area contributed by atoms with Gasteiger partial charge >= 0.3 is 0 Å². The van der Waals surface area contributed by atoms with Crippen LogP contribution in [0.1, 0.15) is 22.7 Å². The zero-order chi connectivity index (χ0) is 17.8. The quantitative estimate of drug-likeness (QED) is 0.521. The van der Waals surface area contributed by atoms with Crippen LogP contribution in [0.4, 0.5) is 0 Å². The largest absolute Gasteiger partial charge is 0.366 e. The van der Waals surface area contributed by atoms with Gasteiger partial charge in [-0.3, -0.25) is 9.78 Å². The third-order valence-electron chi connectivity index (χ3n) is 4.86. The minimum atomic E-state index is 0.119. The van der Waals surface area contributed by atoms with Gasteiger partial charge < -0.3 is 4.90 Å². The van der Waals surface area contributed by atoms with Crippen LogP contribution >= 0.6 is 0 Å². The van der Waals surface area contributed by atoms with E-state index in [1.165, 1.54) is 16.7 Å². The van der Waals surface area contributed by atoms with Gasteiger partial charge in [0.2, 0.25) is 0 Å². The third-order valence-corrected chi connectivity index (χ3v) is 4.86. The molecule has 2 heterocycles. The Morgan fingerprint density at radius 1 is 0.962 bits per heavy atom. The molecular formula is C23H20N2O. The molecule has 26 heavy (non-hydrogen) atoms. The van der Waals surface area contributed by atoms with E-state index in [-0.39, 0.29) is 6.04 Å². The number of aromatic nitrogens is 1. The molecule has 0 radical (unpaired) electrons. The lowest BCUT2D eigenvalue weighted by Gasteiger charge is -2.37. The summed E-state index contributed by atoms with van der Waals surface area (Å²) in [6.07, 6.45) is 7.11. The molecule has 1 unspecified atom stereocenters. The van der Waals surface area contributed by atoms with E-state index in [0.717, 1.165) is 30.5 Å². The van der Waals surface area contributed by atoms with Crippen LogP contribution in [0.2, 0.25) is 0 Å². The fraction of sp³-hybridized carbons (Fsp3) is 0.130. The highest BCUT2D eigenvalue weighted by Gasteiger charge is 2.26. The number of allylic oxidation sites excluding steroid dienone is 1. The predicted octanol–water partition coefficient (Wildman–Crippen LogP) is 4.41. The van der Waals surface area contributed by atoms with E-state index in [4.69, 9.17) is 0 Å². The molecule has 1 atom stereocenters. The average Bonchev–Trinajstić information content (AvgIpc) is 2.72. The van der Waals surface area contributed by atoms with Crippen LogP contribution in [-0.4, -0.2) is 22.7 Å². The van der Waals surface area contributed by atoms with Crippen LogP contribution in [-0.2, 0) is 11.2 Å². The summed E-state index contributed by atoms with van der Waals surface area (Å²) in [5.74, 6) is 0. The van der Waals surface area contributed by atoms with Gasteiger partial charge in [-0.2, -0.15) is 0 Å². The molecule has 1 aliphatic rings. The van der Waals surface area contributed by atoms with Crippen molar-refractivity contribution in [2.75, 3.05) is 6.54 Å². The van der Waals surface area contributed by atoms with Gasteiger partial charge in [0.15, 0.2) is 0 Å². The summed E-state index contributed by atoms with van der Waals surface area (Å²) in [5.41, 5.74) is 5.98. The van der Waals surface area contributed by atoms with Crippen molar-refractivity contribution in [1.29, 1.82) is 0 Å². The fourth-order valence-corrected chi connectivity index (χ4v) is 3.63. The summed E-state index contributed by atoms with van der Waals surface area (Å²) in [5, 5.41) is 0. The summed E-state index contributed by atoms with van der Waals surface area (Å²) in [6.45, 7) is 0.897. The van der Waals surface area contributed by atoms with Crippen molar-refractivity contribution in [1.82, 2.24) is 9.88 Å². The maximum atomic E-state index is 10.8. The van der Waals surface area contributed by atoms with Crippen molar-refractivity contribution in [2.24, 2.45) is 0 Å². The number of pyridine rings is 1. The Balaban J connectivity index is 1.73. The van der Waals surface area contributed by atoms with Gasteiger partial charge in [0.1, 0.15) is 6.29 Å². The van der Waals surface area contributed by atoms with Crippen molar-refractivity contribution in [2.45, 2.75) is 12.5 Å². The lowest BCUT2D eigenvalue weighted by atomic mass is 9.88. The number of fused-ring (bicyclic) bond motifs is 1. The number of carbonyl (C=O) groups excluding carboxylic acids is 1. The molecule has 0 N–H and O–H groups in total. The number of rotatable bonds is 4. The van der Waals surface area contributed by atoms with Gasteiger partial charge in [0.05, 0.1) is 11.7 Å². The average molecular weight is 340 g/mol. The van der Waals surface area contributed by atoms with Crippen LogP contribution in [0, 0.1) is 0 Å². The molecular weight excluding hydrogens is 320 g/mol. The zero-order valence-corrected chi connectivity index (χ0v) is 14.5. The first-order valence-electron chi connectivity index (χ1n) is 8.84. The molecule has 3 aromatic rings. The normalized spacial score (nSPS) is 16.5. The van der Waals surface area contributed by atoms with E-state index < -0.39 is 0 Å². The van der Waals surface area contributed by atoms with Crippen LogP contribution in [0.3, 0.4) is 0 Å². The lowest BCUT2D eigenvalue weighted by Crippen LogP contribution is -2.32. The Labute approximate surface area is 153 Å². The minimum Gasteiger partial charge on any atom is -0.366 e. The van der Waals surface area contributed by atoms with E-state index in [0.29, 0.717) is 0 Å². The smallest absolute Gasteiger partial charge is 0.144 e. The summed E-state index contributed by atoms with van der Waals surface area (Å²) in [6, 6.07) is 23.2. The number of aldehydes is 1. The minimum absolute atomic E-state index is 0.119. The maximum absolute atomic E-state index is 10.8. The number of hydrogen-bond acceptors (Lipinski definition) is 3. The van der Waals surface area contributed by atoms with Crippen molar-refractivity contribution in [3.63, 3.8) is 0 Å². The maximum Gasteiger partial charge on any atom is 0.144 e. The molecule has 2 aromatic carbocycles. The number of hydrogen-bond donors (Lipinski definition) is 0. The zero-order valence-electron chi connectivity index (χ0n) is 14.5. The van der Waals surface area contributed by atoms with Gasteiger partial charge in [0, 0.05) is 24.5 Å². The topological polar surface area (TPSA) is 33.2 Å². The van der Waals surface area contributed by atoms with E-state index in [1.54, 1.807) is 6.08 Å². The van der Waals surface area contributed by atoms with E-state index >= 15 is 0 Å². The molecule has 0 saturated carbocycles. The molecule has 0 saturated heterocycles. The number of benzene rings is 2. The van der Waals surface area contributed by atoms with Crippen molar-refractivity contribution >= 4 is 6.29 Å². The Morgan fingerprint density at radius 2 is 1.77 bits per heavy atom. The molecule has 128 valence electrons. The number of nitrogens with zero attached hydrogens (tertiary/aromatic N) is 2. The lowest BCUT2D eigenvalue weighted by molar-refractivity contribution is -0.104. The van der Waals surface area contributed by atoms with E-state index in [2.05, 4.69) is 58.4 Å². The van der Waals surface area contributed by atoms with Crippen molar-refractivity contribution < 1.29 is 4.79 Å². The monoisotopic (exact) mass is 340 g/mol. The standard InChI is InChI=1S/C23H20N2O/c26-17-5-15-25-16-13-18-6-1-2-7-21(18)23(25)20-11-9-19(10-12-20)22-8-3-4-14-24-22/h1-12,14-15,17,23H,13,16H2. The van der Waals surface area contributed by atoms with Gasteiger partial charge in [-0.1, -0.05) is 54.6 Å². The second-order valence-electron chi connectivity index (χ2n) is 6.40. The fourth-order valence-electron chi connectivity index (χ4n) is 3.63. The van der Waals surface area contributed by atoms with Crippen molar-refractivity contribution in [3.05, 3.63) is 102 Å². The van der Waals surface area contributed by atoms with Crippen LogP contribution < -0.4 is 0 Å². The second-order valence-corrected chi connectivity index (χ2v) is 6.40. The summed E-state index contributed by atoms with van der Waals surface area (Å²) in [4.78, 5) is 17.5. The van der Waals surface area contributed by atoms with Gasteiger partial charge in [-0.05, 0) is 41.3 Å². The first-order valence-corrected chi connectivity index (χ1v) is 8.84. The third kappa shape index (κ3) is 3.16. The molecule has 0 spiro atoms. The summed E-state index contributed by atoms with van der Waals surface area (Å²) in [7, 11) is 0. The van der Waals surface area contributed by atoms with Gasteiger partial charge in [-0.25, -0.2) is 0 Å². The first kappa shape index (κ1) is 16.3. The van der Waals surface area contributed by atoms with Crippen LogP contribution in [0.15, 0.2) is 85.2 Å². The Kier molecular flexibility index (Phi) is 4.61. The highest BCUT2D eigenvalue weighted by molar-refractivity contribution is 5.64. The molecule has 0 bridgehead atoms. The molecule has 0 fully saturated rings. The molecule has 4 rings (SSSR count). The number of carbonyl (C=O) groups is 1. The SMILES string of the molecule is O=CC=CN1CCc2ccccc2C1c1ccc(-c2ccccn2)cc1. The Bertz CT molecular complexity index is 916. The Hall–Kier alpha value is -3.20. The highest BCUT2D eigenvalue weighted by atomic mass is 16.1. The highest BCUT2D eigenvalue weighted by Crippen LogP contribution is 2.35. The first-order chi connectivity index (χ1) is 12.9. The van der Waals surface area contributed by atoms with Crippen LogP contribution in [0.5, 0.6) is 0 Å². The molecule has 1 aliphatic heterocycles. The molecule has 0 amide bonds. The van der Waals surface area contributed by atoms with E-state index in [1.807, 2.05) is 30.6 Å². The predicted molar refractivity (Wildman–Crippen MR) is 104 cm³/mol. The molecule has 0 aliphatic carbocycles. The van der Waals surface area contributed by atoms with Gasteiger partial charge in [-0.15, -0.1) is 0 Å². The van der Waals surface area contributed by atoms with E-state index in [9.17, 15) is 4.79 Å². The van der Waals surface area contributed by atoms with Crippen LogP contribution in [0.25, 0.3) is 11.3 Å². The molecule has 1 aromatic heterocycles.